The molecule has 1 aliphatic heterocycles. The van der Waals surface area contributed by atoms with E-state index in [1.54, 1.807) is 0 Å². The number of rotatable bonds is 7. The van der Waals surface area contributed by atoms with Crippen molar-refractivity contribution in [2.75, 3.05) is 0 Å². The van der Waals surface area contributed by atoms with Crippen molar-refractivity contribution in [3.8, 4) is 11.3 Å². The molecule has 1 saturated heterocycles. The SMILES string of the molecule is C[C@H]1[C@H](F)C[C@@H](C(=O)NCc2cc(-c3cnc(C(C)(F)F)nc3)ncc2F)N1S(=O)(=O)c1ccc(F)c(F)c1. The van der Waals surface area contributed by atoms with Crippen LogP contribution in [0.15, 0.2) is 47.8 Å². The molecule has 3 atom stereocenters. The van der Waals surface area contributed by atoms with E-state index in [1.807, 2.05) is 0 Å². The van der Waals surface area contributed by atoms with Gasteiger partial charge in [0.05, 0.1) is 22.8 Å². The second-order valence-corrected chi connectivity index (χ2v) is 10.8. The molecular formula is C24H21F6N5O3S. The topological polar surface area (TPSA) is 105 Å². The largest absolute Gasteiger partial charge is 0.351 e. The Kier molecular flexibility index (Phi) is 7.67. The second kappa shape index (κ2) is 10.5. The number of halogens is 6. The van der Waals surface area contributed by atoms with Crippen LogP contribution in [0.2, 0.25) is 0 Å². The predicted molar refractivity (Wildman–Crippen MR) is 125 cm³/mol. The molecule has 1 aliphatic rings. The van der Waals surface area contributed by atoms with E-state index in [1.165, 1.54) is 13.0 Å². The van der Waals surface area contributed by atoms with Crippen molar-refractivity contribution in [3.05, 3.63) is 71.7 Å². The summed E-state index contributed by atoms with van der Waals surface area (Å²) in [6, 6.07) is 0.177. The van der Waals surface area contributed by atoms with Crippen molar-refractivity contribution < 1.29 is 39.6 Å². The van der Waals surface area contributed by atoms with E-state index in [0.717, 1.165) is 24.7 Å². The van der Waals surface area contributed by atoms with Crippen LogP contribution >= 0.6 is 0 Å². The fourth-order valence-corrected chi connectivity index (χ4v) is 5.91. The summed E-state index contributed by atoms with van der Waals surface area (Å²) >= 11 is 0. The first-order valence-electron chi connectivity index (χ1n) is 11.5. The summed E-state index contributed by atoms with van der Waals surface area (Å²) in [5.74, 6) is -8.51. The Balaban J connectivity index is 1.54. The standard InChI is InChI=1S/C24H21F6N5O3S/c1-12-17(26)7-21(35(12)39(37,38)15-3-4-16(25)18(27)6-15)22(36)32-8-13-5-20(31-11-19(13)28)14-9-33-23(34-10-14)24(2,29)30/h3-6,9-12,17,21H,7-8H2,1-2H3,(H,32,36)/t12-,17+,21-/m0/s1. The molecule has 0 unspecified atom stereocenters. The van der Waals surface area contributed by atoms with Crippen molar-refractivity contribution in [1.82, 2.24) is 24.6 Å². The summed E-state index contributed by atoms with van der Waals surface area (Å²) in [6.45, 7) is 1.39. The van der Waals surface area contributed by atoms with Crippen molar-refractivity contribution >= 4 is 15.9 Å². The van der Waals surface area contributed by atoms with Gasteiger partial charge >= 0.3 is 5.92 Å². The molecule has 1 fully saturated rings. The fourth-order valence-electron chi connectivity index (χ4n) is 4.09. The molecule has 0 saturated carbocycles. The van der Waals surface area contributed by atoms with Gasteiger partial charge in [-0.15, -0.1) is 0 Å². The van der Waals surface area contributed by atoms with E-state index in [2.05, 4.69) is 20.3 Å². The first-order chi connectivity index (χ1) is 18.2. The van der Waals surface area contributed by atoms with E-state index < -0.39 is 81.2 Å². The molecule has 8 nitrogen and oxygen atoms in total. The summed E-state index contributed by atoms with van der Waals surface area (Å²) in [7, 11) is -4.63. The lowest BCUT2D eigenvalue weighted by molar-refractivity contribution is -0.124. The van der Waals surface area contributed by atoms with Gasteiger partial charge in [0, 0.05) is 43.4 Å². The van der Waals surface area contributed by atoms with Gasteiger partial charge in [-0.2, -0.15) is 13.1 Å². The van der Waals surface area contributed by atoms with Gasteiger partial charge in [-0.05, 0) is 31.2 Å². The maximum absolute atomic E-state index is 14.6. The zero-order valence-electron chi connectivity index (χ0n) is 20.4. The highest BCUT2D eigenvalue weighted by molar-refractivity contribution is 7.89. The van der Waals surface area contributed by atoms with Crippen LogP contribution in [0.4, 0.5) is 26.3 Å². The molecule has 0 aliphatic carbocycles. The third-order valence-corrected chi connectivity index (χ3v) is 8.17. The van der Waals surface area contributed by atoms with Crippen LogP contribution in [-0.2, 0) is 27.3 Å². The molecule has 3 aromatic rings. The minimum atomic E-state index is -4.63. The van der Waals surface area contributed by atoms with Crippen LogP contribution in [0.25, 0.3) is 11.3 Å². The first kappa shape index (κ1) is 28.4. The molecule has 3 heterocycles. The number of aromatic nitrogens is 3. The molecule has 0 radical (unpaired) electrons. The molecule has 15 heteroatoms. The smallest absolute Gasteiger partial charge is 0.303 e. The number of hydrogen-bond acceptors (Lipinski definition) is 6. The number of carbonyl (C=O) groups is 1. The van der Waals surface area contributed by atoms with E-state index in [9.17, 15) is 39.6 Å². The zero-order valence-corrected chi connectivity index (χ0v) is 21.2. The Labute approximate surface area is 219 Å². The Bertz CT molecular complexity index is 1500. The van der Waals surface area contributed by atoms with Crippen molar-refractivity contribution in [3.63, 3.8) is 0 Å². The van der Waals surface area contributed by atoms with Gasteiger partial charge in [-0.3, -0.25) is 9.78 Å². The van der Waals surface area contributed by atoms with Gasteiger partial charge in [-0.1, -0.05) is 0 Å². The Morgan fingerprint density at radius 3 is 2.33 bits per heavy atom. The van der Waals surface area contributed by atoms with Crippen molar-refractivity contribution in [1.29, 1.82) is 0 Å². The maximum atomic E-state index is 14.6. The Hall–Kier alpha value is -3.59. The van der Waals surface area contributed by atoms with Crippen molar-refractivity contribution in [2.24, 2.45) is 0 Å². The molecule has 1 N–H and O–H groups in total. The van der Waals surface area contributed by atoms with E-state index in [4.69, 9.17) is 0 Å². The number of hydrogen-bond donors (Lipinski definition) is 1. The lowest BCUT2D eigenvalue weighted by atomic mass is 10.1. The summed E-state index contributed by atoms with van der Waals surface area (Å²) in [5.41, 5.74) is 0.188. The summed E-state index contributed by atoms with van der Waals surface area (Å²) in [6.07, 6.45) is 0.707. The highest BCUT2D eigenvalue weighted by Gasteiger charge is 2.49. The van der Waals surface area contributed by atoms with Crippen LogP contribution in [-0.4, -0.2) is 51.8 Å². The van der Waals surface area contributed by atoms with Gasteiger partial charge in [0.1, 0.15) is 18.0 Å². The molecule has 0 spiro atoms. The lowest BCUT2D eigenvalue weighted by Crippen LogP contribution is -2.48. The van der Waals surface area contributed by atoms with Crippen molar-refractivity contribution in [2.45, 2.75) is 55.9 Å². The molecule has 1 amide bonds. The minimum Gasteiger partial charge on any atom is -0.351 e. The molecular weight excluding hydrogens is 552 g/mol. The molecule has 4 rings (SSSR count). The highest BCUT2D eigenvalue weighted by Crippen LogP contribution is 2.34. The molecule has 1 aromatic carbocycles. The van der Waals surface area contributed by atoms with E-state index >= 15 is 0 Å². The predicted octanol–water partition coefficient (Wildman–Crippen LogP) is 3.87. The third kappa shape index (κ3) is 5.73. The van der Waals surface area contributed by atoms with Crippen LogP contribution in [0, 0.1) is 17.5 Å². The number of nitrogens with zero attached hydrogens (tertiary/aromatic N) is 4. The number of amides is 1. The number of sulfonamides is 1. The van der Waals surface area contributed by atoms with Gasteiger partial charge in [0.2, 0.25) is 15.9 Å². The van der Waals surface area contributed by atoms with Gasteiger partial charge in [-0.25, -0.2) is 35.9 Å². The van der Waals surface area contributed by atoms with Crippen LogP contribution in [0.5, 0.6) is 0 Å². The van der Waals surface area contributed by atoms with Gasteiger partial charge in [0.15, 0.2) is 17.5 Å². The highest BCUT2D eigenvalue weighted by atomic mass is 32.2. The van der Waals surface area contributed by atoms with Gasteiger partial charge in [0.25, 0.3) is 0 Å². The van der Waals surface area contributed by atoms with Gasteiger partial charge < -0.3 is 5.32 Å². The van der Waals surface area contributed by atoms with Crippen LogP contribution in [0.3, 0.4) is 0 Å². The Morgan fingerprint density at radius 2 is 1.72 bits per heavy atom. The Morgan fingerprint density at radius 1 is 1.05 bits per heavy atom. The first-order valence-corrected chi connectivity index (χ1v) is 12.9. The number of alkyl halides is 3. The lowest BCUT2D eigenvalue weighted by Gasteiger charge is -2.27. The number of nitrogens with one attached hydrogen (secondary N) is 1. The monoisotopic (exact) mass is 573 g/mol. The van der Waals surface area contributed by atoms with Crippen LogP contribution in [0.1, 0.15) is 31.7 Å². The average molecular weight is 574 g/mol. The maximum Gasteiger partial charge on any atom is 0.303 e. The minimum absolute atomic E-state index is 0.101. The zero-order chi connectivity index (χ0) is 28.7. The normalized spacial score (nSPS) is 20.3. The molecule has 39 heavy (non-hydrogen) atoms. The summed E-state index contributed by atoms with van der Waals surface area (Å²) in [4.78, 5) is 23.3. The van der Waals surface area contributed by atoms with E-state index in [-0.39, 0.29) is 16.8 Å². The number of pyridine rings is 1. The average Bonchev–Trinajstić information content (AvgIpc) is 3.19. The number of benzene rings is 1. The molecule has 208 valence electrons. The van der Waals surface area contributed by atoms with E-state index in [0.29, 0.717) is 23.4 Å². The summed E-state index contributed by atoms with van der Waals surface area (Å²) < 4.78 is 110. The summed E-state index contributed by atoms with van der Waals surface area (Å²) in [5, 5.41) is 2.36. The second-order valence-electron chi connectivity index (χ2n) is 8.98. The molecule has 2 aromatic heterocycles. The molecule has 0 bridgehead atoms. The third-order valence-electron chi connectivity index (χ3n) is 6.18. The van der Waals surface area contributed by atoms with Crippen LogP contribution < -0.4 is 5.32 Å². The number of carbonyl (C=O) groups excluding carboxylic acids is 1. The fraction of sp³-hybridized carbons (Fsp3) is 0.333. The quantitative estimate of drug-likeness (QED) is 0.431.